The minimum absolute atomic E-state index is 0.0253. The van der Waals surface area contributed by atoms with Crippen LogP contribution in [0, 0.1) is 0 Å². The van der Waals surface area contributed by atoms with Gasteiger partial charge in [-0.05, 0) is 37.1 Å². The maximum absolute atomic E-state index is 12.6. The highest BCUT2D eigenvalue weighted by Gasteiger charge is 2.30. The van der Waals surface area contributed by atoms with E-state index in [4.69, 9.17) is 11.6 Å². The van der Waals surface area contributed by atoms with E-state index in [1.54, 1.807) is 6.92 Å². The summed E-state index contributed by atoms with van der Waals surface area (Å²) in [5.41, 5.74) is -0.426. The third kappa shape index (κ3) is 6.67. The van der Waals surface area contributed by atoms with Crippen LogP contribution >= 0.6 is 11.6 Å². The molecule has 0 unspecified atom stereocenters. The number of hydrogen-bond donors (Lipinski definition) is 1. The van der Waals surface area contributed by atoms with Gasteiger partial charge in [0, 0.05) is 23.9 Å². The Balaban J connectivity index is 2.67. The number of nitrogens with one attached hydrogen (secondary N) is 1. The van der Waals surface area contributed by atoms with E-state index < -0.39 is 21.6 Å². The molecule has 120 valence electrons. The summed E-state index contributed by atoms with van der Waals surface area (Å²) in [4.78, 5) is 0. The minimum Gasteiger partial charge on any atom is -0.310 e. The SMILES string of the molecule is C[C@@H](CCS(C)(=O)=O)NCc1cc(C(F)(F)F)ccc1Cl. The van der Waals surface area contributed by atoms with Crippen LogP contribution in [0.2, 0.25) is 5.02 Å². The second kappa shape index (κ2) is 6.98. The van der Waals surface area contributed by atoms with E-state index in [-0.39, 0.29) is 23.4 Å². The van der Waals surface area contributed by atoms with Crippen molar-refractivity contribution < 1.29 is 21.6 Å². The van der Waals surface area contributed by atoms with E-state index in [0.29, 0.717) is 12.0 Å². The average molecular weight is 344 g/mol. The monoisotopic (exact) mass is 343 g/mol. The van der Waals surface area contributed by atoms with Gasteiger partial charge in [-0.2, -0.15) is 13.2 Å². The third-order valence-corrected chi connectivity index (χ3v) is 4.28. The molecule has 0 saturated heterocycles. The van der Waals surface area contributed by atoms with Crippen LogP contribution in [-0.2, 0) is 22.6 Å². The van der Waals surface area contributed by atoms with Crippen LogP contribution in [-0.4, -0.2) is 26.5 Å². The maximum Gasteiger partial charge on any atom is 0.416 e. The van der Waals surface area contributed by atoms with Crippen molar-refractivity contribution in [1.29, 1.82) is 0 Å². The molecular weight excluding hydrogens is 327 g/mol. The zero-order chi connectivity index (χ0) is 16.3. The normalized spacial score (nSPS) is 14.2. The van der Waals surface area contributed by atoms with Gasteiger partial charge in [0.1, 0.15) is 9.84 Å². The Hall–Kier alpha value is -0.790. The summed E-state index contributed by atoms with van der Waals surface area (Å²) in [6.07, 6.45) is -2.89. The molecule has 21 heavy (non-hydrogen) atoms. The molecule has 0 radical (unpaired) electrons. The summed E-state index contributed by atoms with van der Waals surface area (Å²) < 4.78 is 60.0. The molecule has 1 atom stereocenters. The van der Waals surface area contributed by atoms with Crippen molar-refractivity contribution in [3.63, 3.8) is 0 Å². The first-order chi connectivity index (χ1) is 9.49. The number of rotatable bonds is 6. The van der Waals surface area contributed by atoms with Crippen molar-refractivity contribution in [2.45, 2.75) is 32.1 Å². The number of alkyl halides is 3. The third-order valence-electron chi connectivity index (χ3n) is 2.94. The lowest BCUT2D eigenvalue weighted by Gasteiger charge is -2.15. The summed E-state index contributed by atoms with van der Waals surface area (Å²) in [5, 5.41) is 3.22. The fraction of sp³-hybridized carbons (Fsp3) is 0.538. The van der Waals surface area contributed by atoms with E-state index in [9.17, 15) is 21.6 Å². The molecule has 8 heteroatoms. The molecule has 0 amide bonds. The molecule has 0 spiro atoms. The van der Waals surface area contributed by atoms with Crippen molar-refractivity contribution in [1.82, 2.24) is 5.32 Å². The van der Waals surface area contributed by atoms with Gasteiger partial charge in [0.25, 0.3) is 0 Å². The number of halogens is 4. The number of hydrogen-bond acceptors (Lipinski definition) is 3. The second-order valence-corrected chi connectivity index (χ2v) is 7.67. The first kappa shape index (κ1) is 18.3. The molecule has 0 aromatic heterocycles. The Morgan fingerprint density at radius 3 is 2.48 bits per heavy atom. The van der Waals surface area contributed by atoms with Gasteiger partial charge in [-0.1, -0.05) is 11.6 Å². The first-order valence-corrected chi connectivity index (χ1v) is 8.69. The predicted molar refractivity (Wildman–Crippen MR) is 77.1 cm³/mol. The van der Waals surface area contributed by atoms with Gasteiger partial charge in [0.15, 0.2) is 0 Å². The Labute approximate surface area is 127 Å². The van der Waals surface area contributed by atoms with Gasteiger partial charge in [-0.25, -0.2) is 8.42 Å². The second-order valence-electron chi connectivity index (χ2n) is 5.00. The van der Waals surface area contributed by atoms with Crippen LogP contribution in [0.1, 0.15) is 24.5 Å². The summed E-state index contributed by atoms with van der Waals surface area (Å²) >= 11 is 5.88. The zero-order valence-corrected chi connectivity index (χ0v) is 13.2. The zero-order valence-electron chi connectivity index (χ0n) is 11.7. The molecule has 0 aliphatic rings. The Morgan fingerprint density at radius 1 is 1.33 bits per heavy atom. The summed E-state index contributed by atoms with van der Waals surface area (Å²) in [6.45, 7) is 1.92. The van der Waals surface area contributed by atoms with Crippen molar-refractivity contribution in [2.75, 3.05) is 12.0 Å². The number of sulfone groups is 1. The largest absolute Gasteiger partial charge is 0.416 e. The van der Waals surface area contributed by atoms with Gasteiger partial charge in [0.05, 0.1) is 11.3 Å². The first-order valence-electron chi connectivity index (χ1n) is 6.26. The van der Waals surface area contributed by atoms with Crippen LogP contribution in [0.15, 0.2) is 18.2 Å². The van der Waals surface area contributed by atoms with Crippen molar-refractivity contribution >= 4 is 21.4 Å². The van der Waals surface area contributed by atoms with Crippen molar-refractivity contribution in [3.8, 4) is 0 Å². The molecule has 3 nitrogen and oxygen atoms in total. The Morgan fingerprint density at radius 2 is 1.95 bits per heavy atom. The highest BCUT2D eigenvalue weighted by molar-refractivity contribution is 7.90. The van der Waals surface area contributed by atoms with Crippen LogP contribution < -0.4 is 5.32 Å². The Bertz CT molecular complexity index is 588. The standard InChI is InChI=1S/C13H17ClF3NO2S/c1-9(5-6-21(2,19)20)18-8-10-7-11(13(15,16)17)3-4-12(10)14/h3-4,7,9,18H,5-6,8H2,1-2H3/t9-/m0/s1. The fourth-order valence-electron chi connectivity index (χ4n) is 1.66. The molecule has 1 N–H and O–H groups in total. The van der Waals surface area contributed by atoms with E-state index >= 15 is 0 Å². The quantitative estimate of drug-likeness (QED) is 0.862. The van der Waals surface area contributed by atoms with Crippen molar-refractivity contribution in [3.05, 3.63) is 34.3 Å². The molecule has 1 aromatic carbocycles. The van der Waals surface area contributed by atoms with Crippen LogP contribution in [0.5, 0.6) is 0 Å². The molecule has 0 heterocycles. The average Bonchev–Trinajstić information content (AvgIpc) is 2.33. The molecule has 0 saturated carbocycles. The summed E-state index contributed by atoms with van der Waals surface area (Å²) in [6, 6.07) is 2.99. The highest BCUT2D eigenvalue weighted by Crippen LogP contribution is 2.31. The fourth-order valence-corrected chi connectivity index (χ4v) is 2.63. The topological polar surface area (TPSA) is 46.2 Å². The van der Waals surface area contributed by atoms with Crippen molar-refractivity contribution in [2.24, 2.45) is 0 Å². The predicted octanol–water partition coefficient (Wildman–Crippen LogP) is 3.27. The molecule has 0 aliphatic carbocycles. The molecule has 0 bridgehead atoms. The number of benzene rings is 1. The molecule has 1 rings (SSSR count). The van der Waals surface area contributed by atoms with Gasteiger partial charge in [0.2, 0.25) is 0 Å². The lowest BCUT2D eigenvalue weighted by molar-refractivity contribution is -0.137. The smallest absolute Gasteiger partial charge is 0.310 e. The Kier molecular flexibility index (Phi) is 6.07. The van der Waals surface area contributed by atoms with Crippen LogP contribution in [0.4, 0.5) is 13.2 Å². The van der Waals surface area contributed by atoms with Gasteiger partial charge in [-0.3, -0.25) is 0 Å². The van der Waals surface area contributed by atoms with E-state index in [1.165, 1.54) is 6.07 Å². The molecule has 0 aliphatic heterocycles. The van der Waals surface area contributed by atoms with Crippen LogP contribution in [0.3, 0.4) is 0 Å². The highest BCUT2D eigenvalue weighted by atomic mass is 35.5. The van der Waals surface area contributed by atoms with E-state index in [0.717, 1.165) is 18.4 Å². The minimum atomic E-state index is -4.42. The van der Waals surface area contributed by atoms with Gasteiger partial charge < -0.3 is 5.32 Å². The van der Waals surface area contributed by atoms with E-state index in [1.807, 2.05) is 0 Å². The summed E-state index contributed by atoms with van der Waals surface area (Å²) in [7, 11) is -3.05. The van der Waals surface area contributed by atoms with Gasteiger partial charge in [-0.15, -0.1) is 0 Å². The lowest BCUT2D eigenvalue weighted by Crippen LogP contribution is -2.28. The van der Waals surface area contributed by atoms with Gasteiger partial charge >= 0.3 is 6.18 Å². The summed E-state index contributed by atoms with van der Waals surface area (Å²) in [5.74, 6) is 0.0253. The molecule has 1 aromatic rings. The van der Waals surface area contributed by atoms with E-state index in [2.05, 4.69) is 5.32 Å². The molecular formula is C13H17ClF3NO2S. The lowest BCUT2D eigenvalue weighted by atomic mass is 10.1. The van der Waals surface area contributed by atoms with Crippen LogP contribution in [0.25, 0.3) is 0 Å². The molecule has 0 fully saturated rings. The maximum atomic E-state index is 12.6.